The zero-order valence-electron chi connectivity index (χ0n) is 19.5. The minimum absolute atomic E-state index is 0.00717. The molecular weight excluding hydrogens is 579 g/mol. The molecule has 0 saturated carbocycles. The Labute approximate surface area is 218 Å². The first-order valence-corrected chi connectivity index (χ1v) is 13.2. The van der Waals surface area contributed by atoms with E-state index in [2.05, 4.69) is 27.6 Å². The summed E-state index contributed by atoms with van der Waals surface area (Å²) in [6.45, 7) is 5.89. The van der Waals surface area contributed by atoms with Gasteiger partial charge in [-0.1, -0.05) is 29.8 Å². The third-order valence-corrected chi connectivity index (χ3v) is 6.96. The van der Waals surface area contributed by atoms with Gasteiger partial charge in [0.1, 0.15) is 21.8 Å². The number of aliphatic imine (C=N–C) groups is 1. The maximum atomic E-state index is 12.5. The highest BCUT2D eigenvalue weighted by molar-refractivity contribution is 14.1. The lowest BCUT2D eigenvalue weighted by Gasteiger charge is -2.06. The maximum absolute atomic E-state index is 12.5. The highest BCUT2D eigenvalue weighted by Crippen LogP contribution is 2.20. The number of halogens is 1. The van der Waals surface area contributed by atoms with E-state index in [1.165, 1.54) is 23.8 Å². The van der Waals surface area contributed by atoms with Crippen LogP contribution in [0.1, 0.15) is 41.3 Å². The number of rotatable bonds is 9. The summed E-state index contributed by atoms with van der Waals surface area (Å²) < 4.78 is 38.9. The minimum Gasteiger partial charge on any atom is -0.489 e. The van der Waals surface area contributed by atoms with Crippen LogP contribution in [0.25, 0.3) is 0 Å². The molecule has 0 aliphatic rings. The van der Waals surface area contributed by atoms with Gasteiger partial charge >= 0.3 is 5.91 Å². The third kappa shape index (κ3) is 7.66. The summed E-state index contributed by atoms with van der Waals surface area (Å²) in [4.78, 5) is 16.9. The molecule has 0 atom stereocenters. The predicted molar refractivity (Wildman–Crippen MR) is 144 cm³/mol. The van der Waals surface area contributed by atoms with Crippen molar-refractivity contribution in [2.45, 2.75) is 32.3 Å². The zero-order valence-corrected chi connectivity index (χ0v) is 22.5. The first-order valence-electron chi connectivity index (χ1n) is 10.6. The van der Waals surface area contributed by atoms with Gasteiger partial charge in [0.25, 0.3) is 10.0 Å². The number of allylic oxidation sites excluding steroid dienone is 3. The molecule has 0 unspecified atom stereocenters. The van der Waals surface area contributed by atoms with Crippen molar-refractivity contribution in [3.05, 3.63) is 107 Å². The molecule has 1 heterocycles. The molecule has 0 bridgehead atoms. The molecule has 3 aromatic rings. The molecule has 1 amide bonds. The number of hydrogen-bond acceptors (Lipinski definition) is 6. The zero-order chi connectivity index (χ0) is 25.4. The van der Waals surface area contributed by atoms with Gasteiger partial charge in [-0.05, 0) is 91.9 Å². The van der Waals surface area contributed by atoms with Gasteiger partial charge in [0.05, 0.1) is 4.90 Å². The standard InChI is InChI=1S/C26H25IN2O5S/c1-18(2)8-7-15-28-25(27)20-11-13-22(14-12-20)33-17-21-16-24(34-19(21)3)26(30)29-35(31,32)23-9-5-4-6-10-23/h4-16H,17H2,1-3H3,(H,29,30)/b15-7-,28-25?. The van der Waals surface area contributed by atoms with Crippen LogP contribution in [0.2, 0.25) is 0 Å². The van der Waals surface area contributed by atoms with E-state index in [0.717, 1.165) is 9.28 Å². The summed E-state index contributed by atoms with van der Waals surface area (Å²) in [5.41, 5.74) is 2.79. The number of amides is 1. The highest BCUT2D eigenvalue weighted by Gasteiger charge is 2.22. The van der Waals surface area contributed by atoms with Gasteiger partial charge in [0.2, 0.25) is 0 Å². The Morgan fingerprint density at radius 2 is 1.80 bits per heavy atom. The van der Waals surface area contributed by atoms with Crippen LogP contribution in [0, 0.1) is 6.92 Å². The Balaban J connectivity index is 1.61. The fraction of sp³-hybridized carbons (Fsp3) is 0.154. The van der Waals surface area contributed by atoms with Crippen molar-refractivity contribution in [3.63, 3.8) is 0 Å². The quantitative estimate of drug-likeness (QED) is 0.185. The van der Waals surface area contributed by atoms with Gasteiger partial charge in [-0.3, -0.25) is 4.79 Å². The average Bonchev–Trinajstić information content (AvgIpc) is 3.21. The Bertz CT molecular complexity index is 1370. The van der Waals surface area contributed by atoms with Crippen LogP contribution in [0.5, 0.6) is 5.75 Å². The summed E-state index contributed by atoms with van der Waals surface area (Å²) in [7, 11) is -4.00. The summed E-state index contributed by atoms with van der Waals surface area (Å²) in [5.74, 6) is 0.146. The van der Waals surface area contributed by atoms with Gasteiger partial charge in [-0.2, -0.15) is 0 Å². The Hall–Kier alpha value is -3.18. The molecule has 182 valence electrons. The van der Waals surface area contributed by atoms with Gasteiger partial charge in [0.15, 0.2) is 5.76 Å². The maximum Gasteiger partial charge on any atom is 0.300 e. The SMILES string of the molecule is CC(C)=C/C=C\N=C(I)c1ccc(OCc2cc(C(=O)NS(=O)(=O)c3ccccc3)oc2C)cc1. The van der Waals surface area contributed by atoms with Crippen LogP contribution in [-0.2, 0) is 16.6 Å². The van der Waals surface area contributed by atoms with Gasteiger partial charge in [0, 0.05) is 17.3 Å². The molecule has 0 aliphatic heterocycles. The van der Waals surface area contributed by atoms with E-state index in [1.54, 1.807) is 31.3 Å². The highest BCUT2D eigenvalue weighted by atomic mass is 127. The molecule has 0 radical (unpaired) electrons. The normalized spacial score (nSPS) is 11.9. The number of nitrogens with one attached hydrogen (secondary N) is 1. The first kappa shape index (κ1) is 26.4. The van der Waals surface area contributed by atoms with E-state index < -0.39 is 15.9 Å². The topological polar surface area (TPSA) is 98.0 Å². The largest absolute Gasteiger partial charge is 0.489 e. The predicted octanol–water partition coefficient (Wildman–Crippen LogP) is 5.95. The van der Waals surface area contributed by atoms with Crippen molar-refractivity contribution < 1.29 is 22.4 Å². The van der Waals surface area contributed by atoms with E-state index in [1.807, 2.05) is 55.0 Å². The van der Waals surface area contributed by atoms with Gasteiger partial charge in [-0.25, -0.2) is 18.1 Å². The monoisotopic (exact) mass is 604 g/mol. The molecule has 9 heteroatoms. The number of carbonyl (C=O) groups is 1. The summed E-state index contributed by atoms with van der Waals surface area (Å²) in [6.07, 6.45) is 5.63. The molecule has 7 nitrogen and oxygen atoms in total. The van der Waals surface area contributed by atoms with Crippen molar-refractivity contribution in [2.75, 3.05) is 0 Å². The number of carbonyl (C=O) groups excluding carboxylic acids is 1. The Morgan fingerprint density at radius 1 is 1.11 bits per heavy atom. The Kier molecular flexibility index (Phi) is 9.05. The molecule has 1 N–H and O–H groups in total. The minimum atomic E-state index is -4.00. The van der Waals surface area contributed by atoms with Crippen molar-refractivity contribution in [3.8, 4) is 5.75 Å². The van der Waals surface area contributed by atoms with E-state index in [4.69, 9.17) is 9.15 Å². The van der Waals surface area contributed by atoms with Gasteiger partial charge in [-0.15, -0.1) is 0 Å². The second kappa shape index (κ2) is 12.0. The van der Waals surface area contributed by atoms with E-state index in [9.17, 15) is 13.2 Å². The molecule has 0 aliphatic carbocycles. The molecular formula is C26H25IN2O5S. The van der Waals surface area contributed by atoms with Crippen molar-refractivity contribution in [1.29, 1.82) is 0 Å². The second-order valence-electron chi connectivity index (χ2n) is 7.76. The van der Waals surface area contributed by atoms with E-state index in [0.29, 0.717) is 17.1 Å². The lowest BCUT2D eigenvalue weighted by atomic mass is 10.2. The van der Waals surface area contributed by atoms with Crippen LogP contribution in [0.3, 0.4) is 0 Å². The number of ether oxygens (including phenoxy) is 1. The third-order valence-electron chi connectivity index (χ3n) is 4.72. The lowest BCUT2D eigenvalue weighted by Crippen LogP contribution is -2.30. The molecule has 1 aromatic heterocycles. The van der Waals surface area contributed by atoms with Gasteiger partial charge < -0.3 is 9.15 Å². The van der Waals surface area contributed by atoms with Crippen LogP contribution >= 0.6 is 22.6 Å². The van der Waals surface area contributed by atoms with E-state index >= 15 is 0 Å². The first-order chi connectivity index (χ1) is 16.7. The number of aryl methyl sites for hydroxylation is 1. The summed E-state index contributed by atoms with van der Waals surface area (Å²) in [5, 5.41) is 0. The molecule has 0 spiro atoms. The molecule has 35 heavy (non-hydrogen) atoms. The number of furan rings is 1. The Morgan fingerprint density at radius 3 is 2.46 bits per heavy atom. The van der Waals surface area contributed by atoms with Crippen molar-refractivity contribution in [1.82, 2.24) is 4.72 Å². The van der Waals surface area contributed by atoms with E-state index in [-0.39, 0.29) is 17.3 Å². The lowest BCUT2D eigenvalue weighted by molar-refractivity contribution is 0.0953. The summed E-state index contributed by atoms with van der Waals surface area (Å²) >= 11 is 2.18. The van der Waals surface area contributed by atoms with Crippen LogP contribution in [-0.4, -0.2) is 18.0 Å². The van der Waals surface area contributed by atoms with Crippen LogP contribution in [0.4, 0.5) is 0 Å². The average molecular weight is 604 g/mol. The number of sulfonamides is 1. The smallest absolute Gasteiger partial charge is 0.300 e. The molecule has 0 fully saturated rings. The summed E-state index contributed by atoms with van der Waals surface area (Å²) in [6, 6.07) is 16.6. The fourth-order valence-corrected chi connectivity index (χ4v) is 4.37. The number of hydrogen-bond donors (Lipinski definition) is 1. The molecule has 2 aromatic carbocycles. The second-order valence-corrected chi connectivity index (χ2v) is 10.5. The van der Waals surface area contributed by atoms with Crippen LogP contribution < -0.4 is 9.46 Å². The molecule has 3 rings (SSSR count). The number of benzene rings is 2. The number of nitrogens with zero attached hydrogens (tertiary/aromatic N) is 1. The van der Waals surface area contributed by atoms with Crippen molar-refractivity contribution in [2.24, 2.45) is 4.99 Å². The van der Waals surface area contributed by atoms with Crippen molar-refractivity contribution >= 4 is 42.2 Å². The van der Waals surface area contributed by atoms with Crippen LogP contribution in [0.15, 0.2) is 98.9 Å². The molecule has 0 saturated heterocycles. The fourth-order valence-electron chi connectivity index (χ4n) is 2.87.